The maximum atomic E-state index is 13.0. The van der Waals surface area contributed by atoms with Crippen molar-refractivity contribution in [3.8, 4) is 0 Å². The minimum Gasteiger partial charge on any atom is -0.477 e. The number of allylic oxidation sites excluding steroid dienone is 1. The number of H-pyrrole nitrogens is 1. The number of aromatic nitrogens is 4. The lowest BCUT2D eigenvalue weighted by Crippen LogP contribution is -2.71. The Morgan fingerprint density at radius 1 is 1.36 bits per heavy atom. The van der Waals surface area contributed by atoms with Gasteiger partial charge in [-0.3, -0.25) is 33.4 Å². The Bertz CT molecular complexity index is 1660. The maximum absolute atomic E-state index is 13.0. The summed E-state index contributed by atoms with van der Waals surface area (Å²) in [5.41, 5.74) is 3.66. The van der Waals surface area contributed by atoms with E-state index in [4.69, 9.17) is 10.6 Å². The van der Waals surface area contributed by atoms with Crippen LogP contribution in [0.15, 0.2) is 48.0 Å². The van der Waals surface area contributed by atoms with Crippen molar-refractivity contribution in [1.82, 2.24) is 35.3 Å². The molecule has 17 nitrogen and oxygen atoms in total. The zero-order valence-corrected chi connectivity index (χ0v) is 24.5. The van der Waals surface area contributed by atoms with Gasteiger partial charge >= 0.3 is 17.1 Å². The molecular formula is C22H23N9O8S3. The van der Waals surface area contributed by atoms with Gasteiger partial charge in [0.25, 0.3) is 11.8 Å². The number of aliphatic carboxylic acids is 1. The lowest BCUT2D eigenvalue weighted by molar-refractivity contribution is -0.150. The predicted molar refractivity (Wildman–Crippen MR) is 152 cm³/mol. The number of carbonyl (C=O) groups is 4. The van der Waals surface area contributed by atoms with Crippen LogP contribution in [0, 0.1) is 0 Å². The van der Waals surface area contributed by atoms with Crippen molar-refractivity contribution in [1.29, 1.82) is 0 Å². The standard InChI is InChI=1S/C22H23N9O8S3/c1-8(24-9(2)32)30-18(36)16(34)27-28-22(30)40-5-4-10-6-41-19-13(17(35)31(19)14(10)20(37)38)26-15(33)12(29-39-3)11-7-42-21(23)25-11/h4-5,7-8,13,19H,6H2,1-3H3,(H2,23,25)(H,24,32)(H,26,33)(H,27,34)(H,37,38). The number of carbonyl (C=O) groups excluding carboxylic acids is 3. The number of thioether (sulfide) groups is 2. The smallest absolute Gasteiger partial charge is 0.352 e. The van der Waals surface area contributed by atoms with E-state index in [9.17, 15) is 33.9 Å². The number of nitrogens with one attached hydrogen (secondary N) is 3. The highest BCUT2D eigenvalue weighted by atomic mass is 32.2. The number of carboxylic acids is 1. The van der Waals surface area contributed by atoms with Gasteiger partial charge < -0.3 is 26.3 Å². The van der Waals surface area contributed by atoms with Crippen LogP contribution in [0.2, 0.25) is 0 Å². The number of amides is 3. The van der Waals surface area contributed by atoms with E-state index in [-0.39, 0.29) is 38.7 Å². The molecule has 3 unspecified atom stereocenters. The normalized spacial score (nSPS) is 19.3. The fraction of sp³-hybridized carbons (Fsp3) is 0.318. The van der Waals surface area contributed by atoms with E-state index in [0.29, 0.717) is 0 Å². The molecule has 222 valence electrons. The number of anilines is 1. The topological polar surface area (TPSA) is 244 Å². The Morgan fingerprint density at radius 3 is 2.71 bits per heavy atom. The van der Waals surface area contributed by atoms with E-state index < -0.39 is 52.4 Å². The lowest BCUT2D eigenvalue weighted by atomic mass is 10.0. The van der Waals surface area contributed by atoms with Gasteiger partial charge in [-0.15, -0.1) is 28.2 Å². The van der Waals surface area contributed by atoms with Gasteiger partial charge in [0.15, 0.2) is 16.0 Å². The van der Waals surface area contributed by atoms with E-state index in [1.807, 2.05) is 0 Å². The number of nitrogens with zero attached hydrogens (tertiary/aromatic N) is 5. The van der Waals surface area contributed by atoms with E-state index in [0.717, 1.165) is 32.6 Å². The first-order valence-corrected chi connectivity index (χ1v) is 14.6. The van der Waals surface area contributed by atoms with Crippen molar-refractivity contribution in [3.05, 3.63) is 54.5 Å². The molecule has 1 fully saturated rings. The SMILES string of the molecule is CON=C(C(=O)NC1C(=O)N2C(C(=O)O)=C(C=CSc3n[nH]c(=O)c(=O)n3C(C)NC(C)=O)CSC12)c1csc(N)n1. The largest absolute Gasteiger partial charge is 0.477 e. The summed E-state index contributed by atoms with van der Waals surface area (Å²) >= 11 is 3.19. The molecule has 42 heavy (non-hydrogen) atoms. The molecular weight excluding hydrogens is 614 g/mol. The summed E-state index contributed by atoms with van der Waals surface area (Å²) in [6.45, 7) is 2.74. The summed E-state index contributed by atoms with van der Waals surface area (Å²) in [6.07, 6.45) is 0.547. The number of thiazole rings is 1. The highest BCUT2D eigenvalue weighted by Crippen LogP contribution is 2.41. The fourth-order valence-electron chi connectivity index (χ4n) is 4.03. The van der Waals surface area contributed by atoms with Crippen molar-refractivity contribution in [2.75, 3.05) is 18.6 Å². The number of β-lactam (4-membered cyclic amide) rings is 1. The van der Waals surface area contributed by atoms with E-state index in [1.165, 1.54) is 49.6 Å². The molecule has 2 aliphatic rings. The Morgan fingerprint density at radius 2 is 2.10 bits per heavy atom. The molecule has 2 aromatic rings. The van der Waals surface area contributed by atoms with Crippen LogP contribution >= 0.6 is 34.9 Å². The van der Waals surface area contributed by atoms with Crippen LogP contribution in [-0.4, -0.2) is 83.4 Å². The molecule has 0 bridgehead atoms. The van der Waals surface area contributed by atoms with Gasteiger partial charge in [-0.05, 0) is 24.0 Å². The number of oxime groups is 1. The third-order valence-corrected chi connectivity index (χ3v) is 8.51. The van der Waals surface area contributed by atoms with E-state index >= 15 is 0 Å². The first-order chi connectivity index (χ1) is 19.9. The molecule has 1 saturated heterocycles. The summed E-state index contributed by atoms with van der Waals surface area (Å²) in [5, 5.41) is 27.1. The average Bonchev–Trinajstić information content (AvgIpc) is 3.36. The molecule has 0 saturated carbocycles. The number of fused-ring (bicyclic) bond motifs is 1. The van der Waals surface area contributed by atoms with Gasteiger partial charge in [0.2, 0.25) is 5.91 Å². The van der Waals surface area contributed by atoms with Crippen molar-refractivity contribution < 1.29 is 29.1 Å². The summed E-state index contributed by atoms with van der Waals surface area (Å²) in [5.74, 6) is -3.03. The molecule has 0 aromatic carbocycles. The number of aromatic amines is 1. The van der Waals surface area contributed by atoms with Crippen molar-refractivity contribution in [2.45, 2.75) is 36.6 Å². The third kappa shape index (κ3) is 6.09. The van der Waals surface area contributed by atoms with Crippen LogP contribution in [0.4, 0.5) is 5.13 Å². The Hall–Kier alpha value is -4.43. The number of rotatable bonds is 10. The van der Waals surface area contributed by atoms with E-state index in [1.54, 1.807) is 0 Å². The number of hydrogen-bond donors (Lipinski definition) is 5. The highest BCUT2D eigenvalue weighted by Gasteiger charge is 2.54. The first-order valence-electron chi connectivity index (χ1n) is 11.8. The molecule has 3 atom stereocenters. The highest BCUT2D eigenvalue weighted by molar-refractivity contribution is 8.02. The number of nitrogen functional groups attached to an aromatic ring is 1. The second-order valence-corrected chi connectivity index (χ2v) is 11.4. The lowest BCUT2D eigenvalue weighted by Gasteiger charge is -2.49. The quantitative estimate of drug-likeness (QED) is 0.0692. The van der Waals surface area contributed by atoms with Gasteiger partial charge in [0.05, 0.1) is 0 Å². The third-order valence-electron chi connectivity index (χ3n) is 5.76. The van der Waals surface area contributed by atoms with Crippen LogP contribution in [0.3, 0.4) is 0 Å². The van der Waals surface area contributed by atoms with Gasteiger partial charge in [0.1, 0.15) is 36.1 Å². The molecule has 0 spiro atoms. The fourth-order valence-corrected chi connectivity index (χ4v) is 6.70. The summed E-state index contributed by atoms with van der Waals surface area (Å²) in [6, 6.07) is -1.04. The molecule has 0 radical (unpaired) electrons. The van der Waals surface area contributed by atoms with Gasteiger partial charge in [0, 0.05) is 18.1 Å². The number of nitrogens with two attached hydrogens (primary N) is 1. The molecule has 6 N–H and O–H groups in total. The van der Waals surface area contributed by atoms with Gasteiger partial charge in [-0.25, -0.2) is 14.9 Å². The van der Waals surface area contributed by atoms with E-state index in [2.05, 4.69) is 31.0 Å². The monoisotopic (exact) mass is 637 g/mol. The van der Waals surface area contributed by atoms with Crippen LogP contribution in [0.5, 0.6) is 0 Å². The second-order valence-electron chi connectivity index (χ2n) is 8.54. The molecule has 0 aliphatic carbocycles. The van der Waals surface area contributed by atoms with Crippen LogP contribution in [0.25, 0.3) is 0 Å². The van der Waals surface area contributed by atoms with Gasteiger partial charge in [-0.2, -0.15) is 0 Å². The maximum Gasteiger partial charge on any atom is 0.352 e. The number of carboxylic acid groups (broad SMARTS) is 1. The Kier molecular flexibility index (Phi) is 9.17. The molecule has 20 heteroatoms. The Labute approximate surface area is 248 Å². The van der Waals surface area contributed by atoms with Crippen LogP contribution in [0.1, 0.15) is 25.7 Å². The molecule has 4 rings (SSSR count). The first kappa shape index (κ1) is 30.5. The molecule has 4 heterocycles. The Balaban J connectivity index is 1.53. The zero-order chi connectivity index (χ0) is 30.7. The number of hydrogen-bond acceptors (Lipinski definition) is 14. The van der Waals surface area contributed by atoms with Crippen molar-refractivity contribution in [3.63, 3.8) is 0 Å². The van der Waals surface area contributed by atoms with Crippen molar-refractivity contribution in [2.24, 2.45) is 5.16 Å². The molecule has 2 aromatic heterocycles. The summed E-state index contributed by atoms with van der Waals surface area (Å²) in [4.78, 5) is 83.6. The summed E-state index contributed by atoms with van der Waals surface area (Å²) < 4.78 is 0.987. The zero-order valence-electron chi connectivity index (χ0n) is 22.0. The van der Waals surface area contributed by atoms with Crippen LogP contribution < -0.4 is 27.5 Å². The minimum atomic E-state index is -1.36. The average molecular weight is 638 g/mol. The van der Waals surface area contributed by atoms with Crippen LogP contribution in [-0.2, 0) is 24.0 Å². The molecule has 3 amide bonds. The predicted octanol–water partition coefficient (Wildman–Crippen LogP) is -0.980. The molecule has 2 aliphatic heterocycles. The summed E-state index contributed by atoms with van der Waals surface area (Å²) in [7, 11) is 1.24. The van der Waals surface area contributed by atoms with Crippen molar-refractivity contribution >= 4 is 69.4 Å². The van der Waals surface area contributed by atoms with Gasteiger partial charge in [-0.1, -0.05) is 16.9 Å². The second kappa shape index (κ2) is 12.6. The minimum absolute atomic E-state index is 0.0223.